The normalized spacial score (nSPS) is 28.0. The fraction of sp³-hybridized carbons (Fsp3) is 1.00. The van der Waals surface area contributed by atoms with Crippen molar-refractivity contribution in [3.8, 4) is 0 Å². The molecule has 1 N–H and O–H groups in total. The van der Waals surface area contributed by atoms with Crippen LogP contribution >= 0.6 is 11.6 Å². The van der Waals surface area contributed by atoms with Gasteiger partial charge in [0.25, 0.3) is 0 Å². The Morgan fingerprint density at radius 1 is 1.07 bits per heavy atom. The van der Waals surface area contributed by atoms with Gasteiger partial charge in [0.2, 0.25) is 0 Å². The van der Waals surface area contributed by atoms with Crippen LogP contribution in [0.25, 0.3) is 0 Å². The summed E-state index contributed by atoms with van der Waals surface area (Å²) in [7, 11) is 2.11. The quantitative estimate of drug-likeness (QED) is 0.596. The van der Waals surface area contributed by atoms with Gasteiger partial charge < -0.3 is 13.3 Å². The summed E-state index contributed by atoms with van der Waals surface area (Å²) in [5.41, 5.74) is 0. The van der Waals surface area contributed by atoms with E-state index in [0.29, 0.717) is 0 Å². The van der Waals surface area contributed by atoms with Crippen LogP contribution < -0.4 is 4.98 Å². The predicted octanol–water partition coefficient (Wildman–Crippen LogP) is 1.50. The van der Waals surface area contributed by atoms with E-state index in [0.717, 1.165) is 12.8 Å². The summed E-state index contributed by atoms with van der Waals surface area (Å²) in [6, 6.07) is 0.229. The molecule has 0 aromatic heterocycles. The number of alkyl halides is 1. The molecule has 1 aliphatic carbocycles. The van der Waals surface area contributed by atoms with E-state index in [1.54, 1.807) is 21.3 Å². The summed E-state index contributed by atoms with van der Waals surface area (Å²) in [4.78, 5) is 3.31. The molecule has 0 saturated heterocycles. The molecule has 1 aliphatic rings. The molecule has 6 heteroatoms. The minimum absolute atomic E-state index is 0.145. The molecule has 1 rings (SSSR count). The maximum Gasteiger partial charge on any atom is 0.596 e. The molecule has 1 saturated carbocycles. The highest BCUT2D eigenvalue weighted by molar-refractivity contribution is 6.57. The van der Waals surface area contributed by atoms with Crippen LogP contribution in [0.2, 0.25) is 0 Å². The molecule has 15 heavy (non-hydrogen) atoms. The van der Waals surface area contributed by atoms with Crippen LogP contribution in [0.1, 0.15) is 25.7 Å². The topological polar surface area (TPSA) is 39.7 Å². The van der Waals surface area contributed by atoms with Gasteiger partial charge in [-0.15, -0.1) is 11.6 Å². The number of hydrogen-bond donors (Lipinski definition) is 1. The highest BCUT2D eigenvalue weighted by Crippen LogP contribution is 2.24. The van der Waals surface area contributed by atoms with E-state index in [2.05, 4.69) is 4.98 Å². The van der Waals surface area contributed by atoms with Gasteiger partial charge in [0.1, 0.15) is 0 Å². The predicted molar refractivity (Wildman–Crippen MR) is 61.8 cm³/mol. The molecule has 0 aromatic carbocycles. The third-order valence-electron chi connectivity index (χ3n) is 2.85. The largest absolute Gasteiger partial charge is 0.596 e. The summed E-state index contributed by atoms with van der Waals surface area (Å²) in [5.74, 6) is 0. The van der Waals surface area contributed by atoms with Crippen molar-refractivity contribution in [2.45, 2.75) is 37.1 Å². The zero-order valence-corrected chi connectivity index (χ0v) is 11.3. The van der Waals surface area contributed by atoms with Crippen LogP contribution in [0, 0.1) is 0 Å². The van der Waals surface area contributed by atoms with Crippen molar-refractivity contribution in [3.05, 3.63) is 0 Å². The summed E-state index contributed by atoms with van der Waals surface area (Å²) in [6.45, 7) is 0. The standard InChI is InChI=1S/C9H20ClNO3Si/c1-12-15(13-2,14-3)11-9-7-5-4-6-8(9)10/h8-9,11H,4-7H2,1-3H3. The monoisotopic (exact) mass is 253 g/mol. The highest BCUT2D eigenvalue weighted by Gasteiger charge is 2.43. The smallest absolute Gasteiger partial charge is 0.364 e. The Labute approximate surface area is 97.7 Å². The van der Waals surface area contributed by atoms with Crippen molar-refractivity contribution < 1.29 is 13.3 Å². The van der Waals surface area contributed by atoms with E-state index in [4.69, 9.17) is 24.9 Å². The fourth-order valence-electron chi connectivity index (χ4n) is 1.90. The molecule has 1 fully saturated rings. The van der Waals surface area contributed by atoms with Crippen molar-refractivity contribution in [2.24, 2.45) is 0 Å². The van der Waals surface area contributed by atoms with Gasteiger partial charge in [-0.3, -0.25) is 4.98 Å². The number of nitrogens with one attached hydrogen (secondary N) is 1. The summed E-state index contributed by atoms with van der Waals surface area (Å²) >= 11 is 6.25. The van der Waals surface area contributed by atoms with Crippen molar-refractivity contribution in [2.75, 3.05) is 21.3 Å². The minimum atomic E-state index is -2.68. The molecular weight excluding hydrogens is 234 g/mol. The van der Waals surface area contributed by atoms with Gasteiger partial charge in [-0.25, -0.2) is 0 Å². The lowest BCUT2D eigenvalue weighted by Gasteiger charge is -2.34. The van der Waals surface area contributed by atoms with Crippen molar-refractivity contribution in [3.63, 3.8) is 0 Å². The van der Waals surface area contributed by atoms with Crippen molar-refractivity contribution in [1.29, 1.82) is 0 Å². The molecule has 2 atom stereocenters. The van der Waals surface area contributed by atoms with E-state index in [-0.39, 0.29) is 11.4 Å². The Hall–Kier alpha value is 0.347. The van der Waals surface area contributed by atoms with E-state index in [1.807, 2.05) is 0 Å². The van der Waals surface area contributed by atoms with Crippen LogP contribution in [0.15, 0.2) is 0 Å². The second-order valence-electron chi connectivity index (χ2n) is 3.72. The molecule has 2 unspecified atom stereocenters. The Morgan fingerprint density at radius 2 is 1.60 bits per heavy atom. The fourth-order valence-corrected chi connectivity index (χ4v) is 4.00. The Bertz CT molecular complexity index is 184. The first-order chi connectivity index (χ1) is 7.17. The second-order valence-corrected chi connectivity index (χ2v) is 6.91. The van der Waals surface area contributed by atoms with Gasteiger partial charge in [0.15, 0.2) is 0 Å². The Morgan fingerprint density at radius 3 is 2.07 bits per heavy atom. The molecular formula is C9H20ClNO3Si. The molecule has 90 valence electrons. The molecule has 0 heterocycles. The van der Waals surface area contributed by atoms with Crippen molar-refractivity contribution in [1.82, 2.24) is 4.98 Å². The zero-order valence-electron chi connectivity index (χ0n) is 9.59. The molecule has 0 spiro atoms. The zero-order chi connectivity index (χ0) is 11.3. The molecule has 0 aromatic rings. The summed E-state index contributed by atoms with van der Waals surface area (Å²) in [6.07, 6.45) is 4.50. The third-order valence-corrected chi connectivity index (χ3v) is 5.71. The van der Waals surface area contributed by atoms with Gasteiger partial charge in [-0.05, 0) is 12.8 Å². The van der Waals surface area contributed by atoms with Gasteiger partial charge in [-0.1, -0.05) is 12.8 Å². The maximum absolute atomic E-state index is 6.25. The molecule has 4 nitrogen and oxygen atoms in total. The van der Waals surface area contributed by atoms with Gasteiger partial charge in [0.05, 0.1) is 0 Å². The van der Waals surface area contributed by atoms with Gasteiger partial charge >= 0.3 is 8.97 Å². The first kappa shape index (κ1) is 13.4. The number of halogens is 1. The van der Waals surface area contributed by atoms with Crippen LogP contribution in [0.3, 0.4) is 0 Å². The highest BCUT2D eigenvalue weighted by atomic mass is 35.5. The van der Waals surface area contributed by atoms with E-state index in [9.17, 15) is 0 Å². The van der Waals surface area contributed by atoms with Crippen LogP contribution in [0.5, 0.6) is 0 Å². The molecule has 0 amide bonds. The molecule has 0 bridgehead atoms. The summed E-state index contributed by atoms with van der Waals surface area (Å²) < 4.78 is 15.9. The Kier molecular flexibility index (Phi) is 5.52. The van der Waals surface area contributed by atoms with E-state index < -0.39 is 8.97 Å². The first-order valence-corrected chi connectivity index (χ1v) is 7.41. The van der Waals surface area contributed by atoms with E-state index in [1.165, 1.54) is 12.8 Å². The second kappa shape index (κ2) is 6.17. The van der Waals surface area contributed by atoms with Gasteiger partial charge in [-0.2, -0.15) is 0 Å². The lowest BCUT2D eigenvalue weighted by molar-refractivity contribution is 0.102. The molecule has 0 radical (unpaired) electrons. The first-order valence-electron chi connectivity index (χ1n) is 5.24. The summed E-state index contributed by atoms with van der Waals surface area (Å²) in [5, 5.41) is 0.145. The van der Waals surface area contributed by atoms with Crippen LogP contribution in [0.4, 0.5) is 0 Å². The lowest BCUT2D eigenvalue weighted by Crippen LogP contribution is -2.62. The SMILES string of the molecule is CO[Si](NC1CCCCC1Cl)(OC)OC. The van der Waals surface area contributed by atoms with Crippen molar-refractivity contribution >= 4 is 20.6 Å². The van der Waals surface area contributed by atoms with Gasteiger partial charge in [0, 0.05) is 32.7 Å². The number of rotatable bonds is 5. The molecule has 0 aliphatic heterocycles. The maximum atomic E-state index is 6.25. The lowest BCUT2D eigenvalue weighted by atomic mass is 9.96. The van der Waals surface area contributed by atoms with E-state index >= 15 is 0 Å². The average Bonchev–Trinajstić information content (AvgIpc) is 2.29. The third kappa shape index (κ3) is 3.40. The minimum Gasteiger partial charge on any atom is -0.364 e. The Balaban J connectivity index is 2.56. The van der Waals surface area contributed by atoms with Crippen LogP contribution in [-0.2, 0) is 13.3 Å². The number of hydrogen-bond acceptors (Lipinski definition) is 4. The van der Waals surface area contributed by atoms with Crippen LogP contribution in [-0.4, -0.2) is 41.7 Å². The average molecular weight is 254 g/mol.